The van der Waals surface area contributed by atoms with Crippen molar-refractivity contribution in [3.05, 3.63) is 36.4 Å². The van der Waals surface area contributed by atoms with Gasteiger partial charge in [-0.3, -0.25) is 4.79 Å². The minimum absolute atomic E-state index is 0.195. The SMILES string of the molecule is CC(=O)SCCCCCCCCCN(C)S(=O)(=O)c1cccc2c(N(C)C)cccc12. The van der Waals surface area contributed by atoms with E-state index >= 15 is 0 Å². The molecule has 0 aliphatic rings. The van der Waals surface area contributed by atoms with Gasteiger partial charge < -0.3 is 4.90 Å². The first-order chi connectivity index (χ1) is 14.7. The zero-order valence-electron chi connectivity index (χ0n) is 19.3. The molecule has 0 radical (unpaired) electrons. The van der Waals surface area contributed by atoms with Crippen LogP contribution >= 0.6 is 11.8 Å². The van der Waals surface area contributed by atoms with Crippen molar-refractivity contribution in [1.82, 2.24) is 4.31 Å². The summed E-state index contributed by atoms with van der Waals surface area (Å²) in [5.74, 6) is 0.919. The number of anilines is 1. The maximum atomic E-state index is 13.2. The zero-order valence-corrected chi connectivity index (χ0v) is 20.9. The Kier molecular flexibility index (Phi) is 10.3. The molecule has 0 spiro atoms. The van der Waals surface area contributed by atoms with E-state index in [2.05, 4.69) is 0 Å². The van der Waals surface area contributed by atoms with Crippen LogP contribution < -0.4 is 4.90 Å². The molecule has 0 fully saturated rings. The van der Waals surface area contributed by atoms with Gasteiger partial charge in [0.05, 0.1) is 4.90 Å². The summed E-state index contributed by atoms with van der Waals surface area (Å²) in [7, 11) is 2.07. The zero-order chi connectivity index (χ0) is 22.9. The third-order valence-corrected chi connectivity index (χ3v) is 8.27. The van der Waals surface area contributed by atoms with Gasteiger partial charge in [-0.25, -0.2) is 12.7 Å². The number of fused-ring (bicyclic) bond motifs is 1. The van der Waals surface area contributed by atoms with Gasteiger partial charge in [0.25, 0.3) is 0 Å². The topological polar surface area (TPSA) is 57.7 Å². The quantitative estimate of drug-likeness (QED) is 0.365. The first kappa shape index (κ1) is 25.7. The highest BCUT2D eigenvalue weighted by Crippen LogP contribution is 2.31. The number of hydrogen-bond acceptors (Lipinski definition) is 5. The van der Waals surface area contributed by atoms with Crippen molar-refractivity contribution >= 4 is 43.4 Å². The molecule has 0 bridgehead atoms. The van der Waals surface area contributed by atoms with Gasteiger partial charge in [0.1, 0.15) is 0 Å². The van der Waals surface area contributed by atoms with E-state index in [4.69, 9.17) is 0 Å². The summed E-state index contributed by atoms with van der Waals surface area (Å²) in [6, 6.07) is 11.3. The fraction of sp³-hybridized carbons (Fsp3) is 0.542. The second-order valence-electron chi connectivity index (χ2n) is 8.16. The Morgan fingerprint density at radius 3 is 2.06 bits per heavy atom. The molecule has 0 atom stereocenters. The lowest BCUT2D eigenvalue weighted by molar-refractivity contribution is -0.109. The summed E-state index contributed by atoms with van der Waals surface area (Å²) < 4.78 is 27.9. The molecule has 172 valence electrons. The number of nitrogens with zero attached hydrogens (tertiary/aromatic N) is 2. The standard InChI is InChI=1S/C24H36N2O3S2/c1-20(27)30-19-11-9-7-5-6-8-10-18-26(4)31(28,29)24-17-13-14-21-22(24)15-12-16-23(21)25(2)3/h12-17H,5-11,18-19H2,1-4H3. The molecule has 5 nitrogen and oxygen atoms in total. The molecule has 7 heteroatoms. The predicted molar refractivity (Wildman–Crippen MR) is 134 cm³/mol. The van der Waals surface area contributed by atoms with E-state index in [1.165, 1.54) is 22.5 Å². The summed E-state index contributed by atoms with van der Waals surface area (Å²) in [6.07, 6.45) is 7.60. The number of benzene rings is 2. The fourth-order valence-electron chi connectivity index (χ4n) is 3.70. The van der Waals surface area contributed by atoms with Crippen LogP contribution in [0.3, 0.4) is 0 Å². The third kappa shape index (κ3) is 7.51. The van der Waals surface area contributed by atoms with Gasteiger partial charge in [-0.1, -0.05) is 68.1 Å². The molecule has 2 aromatic rings. The molecule has 0 heterocycles. The van der Waals surface area contributed by atoms with Crippen molar-refractivity contribution in [1.29, 1.82) is 0 Å². The number of sulfonamides is 1. The van der Waals surface area contributed by atoms with Crippen LogP contribution in [0, 0.1) is 0 Å². The van der Waals surface area contributed by atoms with Gasteiger partial charge in [0.2, 0.25) is 10.0 Å². The van der Waals surface area contributed by atoms with E-state index < -0.39 is 10.0 Å². The minimum atomic E-state index is -3.54. The highest BCUT2D eigenvalue weighted by Gasteiger charge is 2.23. The van der Waals surface area contributed by atoms with E-state index in [0.29, 0.717) is 11.4 Å². The number of unbranched alkanes of at least 4 members (excludes halogenated alkanes) is 6. The first-order valence-corrected chi connectivity index (χ1v) is 13.5. The van der Waals surface area contributed by atoms with Gasteiger partial charge in [-0.05, 0) is 25.0 Å². The maximum Gasteiger partial charge on any atom is 0.243 e. The number of thioether (sulfide) groups is 1. The van der Waals surface area contributed by atoms with Crippen molar-refractivity contribution < 1.29 is 13.2 Å². The summed E-state index contributed by atoms with van der Waals surface area (Å²) in [5, 5.41) is 1.91. The third-order valence-electron chi connectivity index (χ3n) is 5.45. The van der Waals surface area contributed by atoms with Crippen LogP contribution in [-0.4, -0.2) is 51.3 Å². The Labute approximate surface area is 192 Å². The van der Waals surface area contributed by atoms with E-state index in [-0.39, 0.29) is 5.12 Å². The Balaban J connectivity index is 1.85. The van der Waals surface area contributed by atoms with E-state index in [0.717, 1.165) is 60.7 Å². The van der Waals surface area contributed by atoms with E-state index in [1.54, 1.807) is 20.0 Å². The van der Waals surface area contributed by atoms with Gasteiger partial charge >= 0.3 is 0 Å². The minimum Gasteiger partial charge on any atom is -0.377 e. The number of hydrogen-bond donors (Lipinski definition) is 0. The molecule has 0 aromatic heterocycles. The van der Waals surface area contributed by atoms with Crippen LogP contribution in [-0.2, 0) is 14.8 Å². The van der Waals surface area contributed by atoms with Crippen LogP contribution in [0.1, 0.15) is 51.9 Å². The van der Waals surface area contributed by atoms with Crippen LogP contribution in [0.4, 0.5) is 5.69 Å². The van der Waals surface area contributed by atoms with Crippen molar-refractivity contribution in [3.8, 4) is 0 Å². The molecule has 0 amide bonds. The summed E-state index contributed by atoms with van der Waals surface area (Å²) in [4.78, 5) is 13.3. The normalized spacial score (nSPS) is 11.9. The summed E-state index contributed by atoms with van der Waals surface area (Å²) >= 11 is 1.41. The second kappa shape index (κ2) is 12.5. The molecular weight excluding hydrogens is 428 g/mol. The largest absolute Gasteiger partial charge is 0.377 e. The Morgan fingerprint density at radius 1 is 0.839 bits per heavy atom. The lowest BCUT2D eigenvalue weighted by atomic mass is 10.1. The number of rotatable bonds is 13. The maximum absolute atomic E-state index is 13.2. The highest BCUT2D eigenvalue weighted by atomic mass is 32.2. The molecule has 0 saturated heterocycles. The Morgan fingerprint density at radius 2 is 1.42 bits per heavy atom. The average molecular weight is 465 g/mol. The summed E-state index contributed by atoms with van der Waals surface area (Å²) in [6.45, 7) is 2.14. The number of carbonyl (C=O) groups is 1. The predicted octanol–water partition coefficient (Wildman–Crippen LogP) is 5.54. The van der Waals surface area contributed by atoms with Crippen LogP contribution in [0.25, 0.3) is 10.8 Å². The average Bonchev–Trinajstić information content (AvgIpc) is 2.73. The molecular formula is C24H36N2O3S2. The second-order valence-corrected chi connectivity index (χ2v) is 11.4. The fourth-order valence-corrected chi connectivity index (χ4v) is 5.75. The van der Waals surface area contributed by atoms with Crippen molar-refractivity contribution in [2.24, 2.45) is 0 Å². The Bertz CT molecular complexity index is 958. The van der Waals surface area contributed by atoms with Gasteiger partial charge in [0.15, 0.2) is 5.12 Å². The molecule has 2 aromatic carbocycles. The van der Waals surface area contributed by atoms with Crippen LogP contribution in [0.15, 0.2) is 41.3 Å². The van der Waals surface area contributed by atoms with E-state index in [1.807, 2.05) is 49.3 Å². The summed E-state index contributed by atoms with van der Waals surface area (Å²) in [5.41, 5.74) is 1.01. The molecule has 2 rings (SSSR count). The lowest BCUT2D eigenvalue weighted by Gasteiger charge is -2.20. The van der Waals surface area contributed by atoms with E-state index in [9.17, 15) is 13.2 Å². The number of carbonyl (C=O) groups excluding carboxylic acids is 1. The van der Waals surface area contributed by atoms with Crippen molar-refractivity contribution in [2.75, 3.05) is 38.3 Å². The van der Waals surface area contributed by atoms with Crippen LogP contribution in [0.5, 0.6) is 0 Å². The Hall–Kier alpha value is -1.57. The van der Waals surface area contributed by atoms with Crippen molar-refractivity contribution in [2.45, 2.75) is 56.8 Å². The highest BCUT2D eigenvalue weighted by molar-refractivity contribution is 8.13. The molecule has 0 aliphatic carbocycles. The monoisotopic (exact) mass is 464 g/mol. The molecule has 0 aliphatic heterocycles. The van der Waals surface area contributed by atoms with Gasteiger partial charge in [0, 0.05) is 56.8 Å². The first-order valence-electron chi connectivity index (χ1n) is 11.0. The van der Waals surface area contributed by atoms with Gasteiger partial charge in [-0.2, -0.15) is 0 Å². The van der Waals surface area contributed by atoms with Crippen molar-refractivity contribution in [3.63, 3.8) is 0 Å². The molecule has 0 unspecified atom stereocenters. The smallest absolute Gasteiger partial charge is 0.243 e. The lowest BCUT2D eigenvalue weighted by Crippen LogP contribution is -2.28. The molecule has 0 N–H and O–H groups in total. The molecule has 0 saturated carbocycles. The van der Waals surface area contributed by atoms with Crippen LogP contribution in [0.2, 0.25) is 0 Å². The molecule has 31 heavy (non-hydrogen) atoms. The van der Waals surface area contributed by atoms with Gasteiger partial charge in [-0.15, -0.1) is 0 Å².